The minimum atomic E-state index is 1.09. The summed E-state index contributed by atoms with van der Waals surface area (Å²) in [6.45, 7) is 6.69. The van der Waals surface area contributed by atoms with Gasteiger partial charge in [-0.05, 0) is 42.5 Å². The van der Waals surface area contributed by atoms with Gasteiger partial charge in [0, 0.05) is 16.2 Å². The molecule has 0 aliphatic rings. The van der Waals surface area contributed by atoms with Crippen LogP contribution in [0.25, 0.3) is 0 Å². The molecule has 1 heterocycles. The largest absolute Gasteiger partial charge is 0.145 e. The van der Waals surface area contributed by atoms with Crippen molar-refractivity contribution in [3.05, 3.63) is 56.8 Å². The van der Waals surface area contributed by atoms with E-state index >= 15 is 0 Å². The van der Waals surface area contributed by atoms with E-state index in [9.17, 15) is 0 Å². The van der Waals surface area contributed by atoms with Crippen LogP contribution < -0.4 is 0 Å². The fourth-order valence-electron chi connectivity index (χ4n) is 2.24. The minimum absolute atomic E-state index is 1.09. The van der Waals surface area contributed by atoms with Crippen molar-refractivity contribution in [3.8, 4) is 0 Å². The summed E-state index contributed by atoms with van der Waals surface area (Å²) < 4.78 is 0. The molecule has 0 unspecified atom stereocenters. The fourth-order valence-corrected chi connectivity index (χ4v) is 3.39. The van der Waals surface area contributed by atoms with E-state index in [4.69, 9.17) is 0 Å². The van der Waals surface area contributed by atoms with Gasteiger partial charge in [0.25, 0.3) is 0 Å². The first kappa shape index (κ1) is 13.4. The highest BCUT2D eigenvalue weighted by Crippen LogP contribution is 2.25. The predicted molar refractivity (Wildman–Crippen MR) is 81.7 cm³/mol. The zero-order valence-corrected chi connectivity index (χ0v) is 12.4. The van der Waals surface area contributed by atoms with E-state index in [-0.39, 0.29) is 0 Å². The maximum Gasteiger partial charge on any atom is 0.0121 e. The Hall–Kier alpha value is -1.08. The zero-order valence-electron chi connectivity index (χ0n) is 11.6. The Bertz CT molecular complexity index is 491. The lowest BCUT2D eigenvalue weighted by molar-refractivity contribution is 0.920. The predicted octanol–water partition coefficient (Wildman–Crippen LogP) is 5.16. The van der Waals surface area contributed by atoms with Gasteiger partial charge < -0.3 is 0 Å². The monoisotopic (exact) mass is 258 g/mol. The Labute approximate surface area is 115 Å². The number of thiophene rings is 1. The van der Waals surface area contributed by atoms with Crippen LogP contribution in [0, 0.1) is 6.92 Å². The first-order valence-electron chi connectivity index (χ1n) is 6.89. The van der Waals surface area contributed by atoms with E-state index < -0.39 is 0 Å². The van der Waals surface area contributed by atoms with Gasteiger partial charge in [0.2, 0.25) is 0 Å². The molecule has 0 atom stereocenters. The van der Waals surface area contributed by atoms with Crippen LogP contribution >= 0.6 is 11.3 Å². The standard InChI is InChI=1S/C17H22S/c1-4-6-14-7-9-15(10-8-14)12-17-13(3)11-16(5-2)18-17/h7-11H,4-6,12H2,1-3H3. The van der Waals surface area contributed by atoms with Crippen LogP contribution in [0.1, 0.15) is 46.7 Å². The molecule has 0 aliphatic heterocycles. The molecule has 0 bridgehead atoms. The van der Waals surface area contributed by atoms with Gasteiger partial charge in [-0.1, -0.05) is 44.5 Å². The molecule has 1 aromatic heterocycles. The third kappa shape index (κ3) is 3.23. The van der Waals surface area contributed by atoms with Gasteiger partial charge in [0.1, 0.15) is 0 Å². The van der Waals surface area contributed by atoms with E-state index in [1.165, 1.54) is 39.3 Å². The highest BCUT2D eigenvalue weighted by atomic mass is 32.1. The highest BCUT2D eigenvalue weighted by Gasteiger charge is 2.05. The molecule has 0 saturated carbocycles. The van der Waals surface area contributed by atoms with Crippen molar-refractivity contribution in [2.24, 2.45) is 0 Å². The van der Waals surface area contributed by atoms with Crippen LogP contribution in [-0.2, 0) is 19.3 Å². The van der Waals surface area contributed by atoms with Crippen LogP contribution in [0.5, 0.6) is 0 Å². The van der Waals surface area contributed by atoms with Gasteiger partial charge in [-0.25, -0.2) is 0 Å². The summed E-state index contributed by atoms with van der Waals surface area (Å²) in [4.78, 5) is 3.03. The second-order valence-electron chi connectivity index (χ2n) is 4.92. The molecule has 0 N–H and O–H groups in total. The quantitative estimate of drug-likeness (QED) is 0.694. The molecule has 0 radical (unpaired) electrons. The number of hydrogen-bond acceptors (Lipinski definition) is 1. The van der Waals surface area contributed by atoms with Gasteiger partial charge in [-0.2, -0.15) is 0 Å². The lowest BCUT2D eigenvalue weighted by Crippen LogP contribution is -1.88. The normalized spacial score (nSPS) is 10.8. The van der Waals surface area contributed by atoms with Crippen LogP contribution in [0.15, 0.2) is 30.3 Å². The molecular weight excluding hydrogens is 236 g/mol. The molecule has 0 saturated heterocycles. The Kier molecular flexibility index (Phi) is 4.60. The van der Waals surface area contributed by atoms with Gasteiger partial charge in [0.15, 0.2) is 0 Å². The van der Waals surface area contributed by atoms with Gasteiger partial charge in [0.05, 0.1) is 0 Å². The summed E-state index contributed by atoms with van der Waals surface area (Å²) >= 11 is 1.97. The van der Waals surface area contributed by atoms with Gasteiger partial charge in [-0.3, -0.25) is 0 Å². The molecule has 2 rings (SSSR count). The van der Waals surface area contributed by atoms with E-state index in [1.54, 1.807) is 0 Å². The van der Waals surface area contributed by atoms with Crippen LogP contribution in [0.4, 0.5) is 0 Å². The van der Waals surface area contributed by atoms with Gasteiger partial charge >= 0.3 is 0 Å². The number of rotatable bonds is 5. The Morgan fingerprint density at radius 2 is 1.67 bits per heavy atom. The van der Waals surface area contributed by atoms with Crippen LogP contribution in [0.2, 0.25) is 0 Å². The van der Waals surface area contributed by atoms with E-state index in [0.717, 1.165) is 12.8 Å². The van der Waals surface area contributed by atoms with E-state index in [1.807, 2.05) is 11.3 Å². The third-order valence-electron chi connectivity index (χ3n) is 3.35. The van der Waals surface area contributed by atoms with E-state index in [0.29, 0.717) is 0 Å². The van der Waals surface area contributed by atoms with Crippen molar-refractivity contribution in [2.75, 3.05) is 0 Å². The van der Waals surface area contributed by atoms with Crippen molar-refractivity contribution in [3.63, 3.8) is 0 Å². The number of hydrogen-bond donors (Lipinski definition) is 0. The van der Waals surface area contributed by atoms with Crippen LogP contribution in [-0.4, -0.2) is 0 Å². The van der Waals surface area contributed by atoms with Gasteiger partial charge in [-0.15, -0.1) is 11.3 Å². The Morgan fingerprint density at radius 1 is 1.00 bits per heavy atom. The van der Waals surface area contributed by atoms with Crippen molar-refractivity contribution >= 4 is 11.3 Å². The molecular formula is C17H22S. The molecule has 1 heteroatoms. The average Bonchev–Trinajstić information content (AvgIpc) is 2.73. The molecule has 96 valence electrons. The van der Waals surface area contributed by atoms with Crippen molar-refractivity contribution < 1.29 is 0 Å². The molecule has 2 aromatic rings. The molecule has 1 aromatic carbocycles. The zero-order chi connectivity index (χ0) is 13.0. The Morgan fingerprint density at radius 3 is 2.22 bits per heavy atom. The summed E-state index contributed by atoms with van der Waals surface area (Å²) in [6, 6.07) is 11.5. The first-order chi connectivity index (χ1) is 8.72. The maximum atomic E-state index is 2.34. The first-order valence-corrected chi connectivity index (χ1v) is 7.70. The SMILES string of the molecule is CCCc1ccc(Cc2sc(CC)cc2C)cc1. The van der Waals surface area contributed by atoms with Crippen molar-refractivity contribution in [1.82, 2.24) is 0 Å². The number of aryl methyl sites for hydroxylation is 3. The summed E-state index contributed by atoms with van der Waals surface area (Å²) in [5.41, 5.74) is 4.34. The molecule has 0 aliphatic carbocycles. The lowest BCUT2D eigenvalue weighted by Gasteiger charge is -2.03. The fraction of sp³-hybridized carbons (Fsp3) is 0.412. The molecule has 18 heavy (non-hydrogen) atoms. The highest BCUT2D eigenvalue weighted by molar-refractivity contribution is 7.12. The lowest BCUT2D eigenvalue weighted by atomic mass is 10.0. The van der Waals surface area contributed by atoms with E-state index in [2.05, 4.69) is 51.1 Å². The molecule has 0 amide bonds. The maximum absolute atomic E-state index is 2.34. The molecule has 0 fully saturated rings. The average molecular weight is 258 g/mol. The smallest absolute Gasteiger partial charge is 0.0121 e. The summed E-state index contributed by atoms with van der Waals surface area (Å²) in [5.74, 6) is 0. The van der Waals surface area contributed by atoms with Crippen molar-refractivity contribution in [2.45, 2.75) is 46.5 Å². The van der Waals surface area contributed by atoms with Crippen molar-refractivity contribution in [1.29, 1.82) is 0 Å². The summed E-state index contributed by atoms with van der Waals surface area (Å²) in [6.07, 6.45) is 4.66. The summed E-state index contributed by atoms with van der Waals surface area (Å²) in [7, 11) is 0. The number of benzene rings is 1. The summed E-state index contributed by atoms with van der Waals surface area (Å²) in [5, 5.41) is 0. The second kappa shape index (κ2) is 6.19. The third-order valence-corrected chi connectivity index (χ3v) is 4.73. The molecule has 0 spiro atoms. The van der Waals surface area contributed by atoms with Crippen LogP contribution in [0.3, 0.4) is 0 Å². The Balaban J connectivity index is 2.10. The topological polar surface area (TPSA) is 0 Å². The second-order valence-corrected chi connectivity index (χ2v) is 6.14. The molecule has 0 nitrogen and oxygen atoms in total. The minimum Gasteiger partial charge on any atom is -0.145 e.